The Morgan fingerprint density at radius 1 is 1.42 bits per heavy atom. The standard InChI is InChI=1S/C16H21N5O2S/c1-23-14-8-4-5-12(9-14)17-16(22)11-24-10-15-18-19-20-21(15)13-6-2-3-7-13/h4-5,8-9,13H,2-3,6-7,10-11H2,1H3,(H,17,22). The molecule has 0 saturated heterocycles. The summed E-state index contributed by atoms with van der Waals surface area (Å²) in [4.78, 5) is 12.1. The summed E-state index contributed by atoms with van der Waals surface area (Å²) in [5.41, 5.74) is 0.732. The van der Waals surface area contributed by atoms with Gasteiger partial charge >= 0.3 is 0 Å². The van der Waals surface area contributed by atoms with Gasteiger partial charge in [-0.3, -0.25) is 4.79 Å². The van der Waals surface area contributed by atoms with Crippen LogP contribution in [0.5, 0.6) is 5.75 Å². The molecule has 1 N–H and O–H groups in total. The van der Waals surface area contributed by atoms with Gasteiger partial charge in [0.15, 0.2) is 5.82 Å². The number of aromatic nitrogens is 4. The summed E-state index contributed by atoms with van der Waals surface area (Å²) in [6.07, 6.45) is 4.75. The Labute approximate surface area is 145 Å². The lowest BCUT2D eigenvalue weighted by molar-refractivity contribution is -0.113. The zero-order valence-electron chi connectivity index (χ0n) is 13.6. The van der Waals surface area contributed by atoms with Crippen LogP contribution in [0.2, 0.25) is 0 Å². The van der Waals surface area contributed by atoms with Gasteiger partial charge in [-0.15, -0.1) is 16.9 Å². The Balaban J connectivity index is 1.48. The van der Waals surface area contributed by atoms with Crippen LogP contribution in [0.3, 0.4) is 0 Å². The lowest BCUT2D eigenvalue weighted by Crippen LogP contribution is -2.15. The maximum Gasteiger partial charge on any atom is 0.234 e. The molecule has 1 aliphatic rings. The second-order valence-corrected chi connectivity index (χ2v) is 6.74. The van der Waals surface area contributed by atoms with Crippen molar-refractivity contribution in [1.29, 1.82) is 0 Å². The lowest BCUT2D eigenvalue weighted by Gasteiger charge is -2.11. The Bertz CT molecular complexity index is 685. The Morgan fingerprint density at radius 3 is 3.04 bits per heavy atom. The molecule has 1 heterocycles. The van der Waals surface area contributed by atoms with Crippen LogP contribution in [-0.4, -0.2) is 39.0 Å². The first-order chi connectivity index (χ1) is 11.8. The number of methoxy groups -OCH3 is 1. The molecule has 2 aromatic rings. The minimum atomic E-state index is -0.0480. The Kier molecular flexibility index (Phi) is 5.68. The molecule has 1 amide bonds. The molecule has 1 aliphatic carbocycles. The summed E-state index contributed by atoms with van der Waals surface area (Å²) in [7, 11) is 1.60. The van der Waals surface area contributed by atoms with Crippen LogP contribution in [0.1, 0.15) is 37.5 Å². The molecule has 24 heavy (non-hydrogen) atoms. The van der Waals surface area contributed by atoms with Gasteiger partial charge < -0.3 is 10.1 Å². The number of benzene rings is 1. The molecule has 0 spiro atoms. The molecular formula is C16H21N5O2S. The zero-order chi connectivity index (χ0) is 16.8. The lowest BCUT2D eigenvalue weighted by atomic mass is 10.2. The summed E-state index contributed by atoms with van der Waals surface area (Å²) in [6, 6.07) is 7.74. The van der Waals surface area contributed by atoms with E-state index in [-0.39, 0.29) is 5.91 Å². The quantitative estimate of drug-likeness (QED) is 0.829. The first-order valence-electron chi connectivity index (χ1n) is 8.04. The largest absolute Gasteiger partial charge is 0.497 e. The van der Waals surface area contributed by atoms with Gasteiger partial charge in [0.05, 0.1) is 24.7 Å². The van der Waals surface area contributed by atoms with E-state index in [4.69, 9.17) is 4.74 Å². The highest BCUT2D eigenvalue weighted by molar-refractivity contribution is 7.99. The number of ether oxygens (including phenoxy) is 1. The normalized spacial score (nSPS) is 14.7. The number of rotatable bonds is 7. The summed E-state index contributed by atoms with van der Waals surface area (Å²) >= 11 is 1.51. The van der Waals surface area contributed by atoms with Gasteiger partial charge in [0, 0.05) is 11.8 Å². The van der Waals surface area contributed by atoms with Crippen molar-refractivity contribution in [2.24, 2.45) is 0 Å². The summed E-state index contributed by atoms with van der Waals surface area (Å²) in [6.45, 7) is 0. The number of hydrogen-bond acceptors (Lipinski definition) is 6. The maximum absolute atomic E-state index is 12.1. The highest BCUT2D eigenvalue weighted by Gasteiger charge is 2.21. The fraction of sp³-hybridized carbons (Fsp3) is 0.500. The summed E-state index contributed by atoms with van der Waals surface area (Å²) in [5, 5.41) is 14.9. The monoisotopic (exact) mass is 347 g/mol. The molecular weight excluding hydrogens is 326 g/mol. The fourth-order valence-corrected chi connectivity index (χ4v) is 3.60. The summed E-state index contributed by atoms with van der Waals surface area (Å²) in [5.74, 6) is 2.51. The van der Waals surface area contributed by atoms with Crippen molar-refractivity contribution in [3.63, 3.8) is 0 Å². The van der Waals surface area contributed by atoms with E-state index >= 15 is 0 Å². The highest BCUT2D eigenvalue weighted by atomic mass is 32.2. The molecule has 7 nitrogen and oxygen atoms in total. The average molecular weight is 347 g/mol. The van der Waals surface area contributed by atoms with E-state index in [1.807, 2.05) is 22.9 Å². The molecule has 128 valence electrons. The van der Waals surface area contributed by atoms with Crippen LogP contribution in [0, 0.1) is 0 Å². The maximum atomic E-state index is 12.1. The summed E-state index contributed by atoms with van der Waals surface area (Å²) < 4.78 is 7.08. The molecule has 3 rings (SSSR count). The molecule has 1 aromatic carbocycles. The van der Waals surface area contributed by atoms with Crippen molar-refractivity contribution in [1.82, 2.24) is 20.2 Å². The molecule has 0 atom stereocenters. The van der Waals surface area contributed by atoms with Crippen molar-refractivity contribution in [2.45, 2.75) is 37.5 Å². The molecule has 0 radical (unpaired) electrons. The fourth-order valence-electron chi connectivity index (χ4n) is 2.87. The van der Waals surface area contributed by atoms with E-state index < -0.39 is 0 Å². The first kappa shape index (κ1) is 16.8. The third-order valence-electron chi connectivity index (χ3n) is 4.05. The molecule has 0 unspecified atom stereocenters. The van der Waals surface area contributed by atoms with Gasteiger partial charge in [0.2, 0.25) is 5.91 Å². The number of carbonyl (C=O) groups excluding carboxylic acids is 1. The predicted octanol–water partition coefficient (Wildman–Crippen LogP) is 2.67. The smallest absolute Gasteiger partial charge is 0.234 e. The van der Waals surface area contributed by atoms with Crippen LogP contribution >= 0.6 is 11.8 Å². The third kappa shape index (κ3) is 4.25. The van der Waals surface area contributed by atoms with Crippen molar-refractivity contribution >= 4 is 23.4 Å². The zero-order valence-corrected chi connectivity index (χ0v) is 14.5. The number of anilines is 1. The Hall–Kier alpha value is -2.09. The van der Waals surface area contributed by atoms with Crippen molar-refractivity contribution in [3.05, 3.63) is 30.1 Å². The van der Waals surface area contributed by atoms with E-state index in [1.54, 1.807) is 13.2 Å². The van der Waals surface area contributed by atoms with Crippen molar-refractivity contribution < 1.29 is 9.53 Å². The van der Waals surface area contributed by atoms with E-state index in [0.717, 1.165) is 30.1 Å². The van der Waals surface area contributed by atoms with Crippen LogP contribution in [0.15, 0.2) is 24.3 Å². The SMILES string of the molecule is COc1cccc(NC(=O)CSCc2nnnn2C2CCCC2)c1. The van der Waals surface area contributed by atoms with Gasteiger partial charge in [0.1, 0.15) is 5.75 Å². The minimum absolute atomic E-state index is 0.0480. The van der Waals surface area contributed by atoms with Gasteiger partial charge in [-0.2, -0.15) is 0 Å². The van der Waals surface area contributed by atoms with Gasteiger partial charge in [-0.1, -0.05) is 18.9 Å². The third-order valence-corrected chi connectivity index (χ3v) is 4.98. The molecule has 8 heteroatoms. The number of amides is 1. The predicted molar refractivity (Wildman–Crippen MR) is 93.1 cm³/mol. The number of thioether (sulfide) groups is 1. The van der Waals surface area contributed by atoms with Crippen LogP contribution in [0.4, 0.5) is 5.69 Å². The number of hydrogen-bond donors (Lipinski definition) is 1. The molecule has 1 saturated carbocycles. The topological polar surface area (TPSA) is 81.9 Å². The second kappa shape index (κ2) is 8.14. The molecule has 0 bridgehead atoms. The van der Waals surface area contributed by atoms with Gasteiger partial charge in [-0.25, -0.2) is 4.68 Å². The van der Waals surface area contributed by atoms with E-state index in [2.05, 4.69) is 20.8 Å². The highest BCUT2D eigenvalue weighted by Crippen LogP contribution is 2.29. The number of carbonyl (C=O) groups is 1. The van der Waals surface area contributed by atoms with Crippen LogP contribution in [0.25, 0.3) is 0 Å². The van der Waals surface area contributed by atoms with Crippen LogP contribution < -0.4 is 10.1 Å². The molecule has 1 aromatic heterocycles. The number of nitrogens with one attached hydrogen (secondary N) is 1. The molecule has 0 aliphatic heterocycles. The van der Waals surface area contributed by atoms with Crippen LogP contribution in [-0.2, 0) is 10.5 Å². The number of tetrazole rings is 1. The van der Waals surface area contributed by atoms with E-state index in [1.165, 1.54) is 24.6 Å². The Morgan fingerprint density at radius 2 is 2.25 bits per heavy atom. The van der Waals surface area contributed by atoms with Gasteiger partial charge in [-0.05, 0) is 35.4 Å². The van der Waals surface area contributed by atoms with E-state index in [0.29, 0.717) is 17.5 Å². The minimum Gasteiger partial charge on any atom is -0.497 e. The first-order valence-corrected chi connectivity index (χ1v) is 9.20. The van der Waals surface area contributed by atoms with Crippen molar-refractivity contribution in [3.8, 4) is 5.75 Å². The van der Waals surface area contributed by atoms with E-state index in [9.17, 15) is 4.79 Å². The average Bonchev–Trinajstić information content (AvgIpc) is 3.26. The van der Waals surface area contributed by atoms with Crippen molar-refractivity contribution in [2.75, 3.05) is 18.2 Å². The second-order valence-electron chi connectivity index (χ2n) is 5.75. The molecule has 1 fully saturated rings. The number of nitrogens with zero attached hydrogens (tertiary/aromatic N) is 4. The van der Waals surface area contributed by atoms with Gasteiger partial charge in [0.25, 0.3) is 0 Å².